The minimum absolute atomic E-state index is 0.112. The number of sulfonamides is 1. The van der Waals surface area contributed by atoms with Crippen molar-refractivity contribution in [3.63, 3.8) is 0 Å². The van der Waals surface area contributed by atoms with Crippen LogP contribution in [0.5, 0.6) is 0 Å². The topological polar surface area (TPSA) is 126 Å². The minimum Gasteiger partial charge on any atom is -0.429 e. The highest BCUT2D eigenvalue weighted by molar-refractivity contribution is 7.94. The number of imidazole rings is 1. The molecule has 0 radical (unpaired) electrons. The molecule has 4 rings (SSSR count). The van der Waals surface area contributed by atoms with Crippen LogP contribution in [-0.4, -0.2) is 27.9 Å². The van der Waals surface area contributed by atoms with Crippen molar-refractivity contribution in [3.8, 4) is 5.82 Å². The van der Waals surface area contributed by atoms with E-state index >= 15 is 0 Å². The molecule has 0 spiro atoms. The molecule has 150 valence electrons. The van der Waals surface area contributed by atoms with Crippen molar-refractivity contribution in [1.82, 2.24) is 14.5 Å². The van der Waals surface area contributed by atoms with Gasteiger partial charge in [-0.05, 0) is 23.7 Å². The lowest BCUT2D eigenvalue weighted by molar-refractivity contribution is -0.566. The van der Waals surface area contributed by atoms with Gasteiger partial charge in [0.05, 0.1) is 21.5 Å². The van der Waals surface area contributed by atoms with Crippen LogP contribution in [0, 0.1) is 10.1 Å². The number of nitro benzene ring substituents is 1. The fourth-order valence-corrected chi connectivity index (χ4v) is 3.66. The summed E-state index contributed by atoms with van der Waals surface area (Å²) < 4.78 is 32.8. The number of benzene rings is 2. The van der Waals surface area contributed by atoms with Crippen LogP contribution in [0.4, 0.5) is 11.5 Å². The second-order valence-corrected chi connectivity index (χ2v) is 7.73. The molecule has 0 aliphatic rings. The Morgan fingerprint density at radius 2 is 1.77 bits per heavy atom. The van der Waals surface area contributed by atoms with Gasteiger partial charge in [-0.25, -0.2) is 18.0 Å². The molecular weight excluding hydrogens is 408 g/mol. The Hall–Kier alpha value is -4.12. The van der Waals surface area contributed by atoms with Crippen LogP contribution in [-0.2, 0) is 10.0 Å². The highest BCUT2D eigenvalue weighted by atomic mass is 32.2. The SMILES string of the molecule is C=C[n+]1ccn(-c2nc3ccccc3nc2[N-]S(=O)(=O)c2ccc([N+](=O)[O-])cc2)c1. The van der Waals surface area contributed by atoms with Gasteiger partial charge < -0.3 is 9.71 Å². The minimum atomic E-state index is -4.19. The van der Waals surface area contributed by atoms with Crippen LogP contribution in [0.1, 0.15) is 0 Å². The fourth-order valence-electron chi connectivity index (χ4n) is 2.72. The lowest BCUT2D eigenvalue weighted by Crippen LogP contribution is -2.21. The second kappa shape index (κ2) is 7.37. The first-order valence-corrected chi connectivity index (χ1v) is 10.0. The van der Waals surface area contributed by atoms with Gasteiger partial charge in [0.2, 0.25) is 15.8 Å². The van der Waals surface area contributed by atoms with Crippen molar-refractivity contribution in [1.29, 1.82) is 0 Å². The van der Waals surface area contributed by atoms with Gasteiger partial charge in [0.25, 0.3) is 12.0 Å². The molecule has 0 aliphatic heterocycles. The van der Waals surface area contributed by atoms with E-state index in [9.17, 15) is 18.5 Å². The van der Waals surface area contributed by atoms with Crippen molar-refractivity contribution < 1.29 is 17.9 Å². The van der Waals surface area contributed by atoms with E-state index in [4.69, 9.17) is 0 Å². The average molecular weight is 422 g/mol. The molecule has 0 unspecified atom stereocenters. The molecule has 0 fully saturated rings. The summed E-state index contributed by atoms with van der Waals surface area (Å²) in [6.45, 7) is 3.68. The predicted octanol–water partition coefficient (Wildman–Crippen LogP) is 3.11. The molecule has 0 atom stereocenters. The van der Waals surface area contributed by atoms with Crippen molar-refractivity contribution in [3.05, 3.63) is 88.7 Å². The van der Waals surface area contributed by atoms with E-state index in [1.54, 1.807) is 58.3 Å². The maximum atomic E-state index is 12.8. The van der Waals surface area contributed by atoms with Gasteiger partial charge in [-0.2, -0.15) is 4.57 Å². The zero-order valence-corrected chi connectivity index (χ0v) is 16.2. The number of nitrogens with zero attached hydrogens (tertiary/aromatic N) is 6. The van der Waals surface area contributed by atoms with Crippen LogP contribution in [0.2, 0.25) is 0 Å². The van der Waals surface area contributed by atoms with Crippen LogP contribution in [0.15, 0.2) is 78.7 Å². The summed E-state index contributed by atoms with van der Waals surface area (Å²) in [6, 6.07) is 11.5. The number of fused-ring (bicyclic) bond motifs is 1. The molecular formula is C19H14N6O4S. The van der Waals surface area contributed by atoms with E-state index in [2.05, 4.69) is 21.3 Å². The maximum Gasteiger partial charge on any atom is 0.269 e. The predicted molar refractivity (Wildman–Crippen MR) is 109 cm³/mol. The highest BCUT2D eigenvalue weighted by Gasteiger charge is 2.17. The first kappa shape index (κ1) is 19.2. The van der Waals surface area contributed by atoms with Gasteiger partial charge in [0.15, 0.2) is 0 Å². The van der Waals surface area contributed by atoms with Crippen molar-refractivity contribution in [2.75, 3.05) is 0 Å². The summed E-state index contributed by atoms with van der Waals surface area (Å²) >= 11 is 0. The van der Waals surface area contributed by atoms with Gasteiger partial charge in [-0.15, -0.1) is 0 Å². The van der Waals surface area contributed by atoms with Gasteiger partial charge in [0.1, 0.15) is 12.4 Å². The molecule has 2 aromatic heterocycles. The number of rotatable bonds is 6. The first-order chi connectivity index (χ1) is 14.4. The van der Waals surface area contributed by atoms with E-state index in [0.717, 1.165) is 24.3 Å². The van der Waals surface area contributed by atoms with Crippen LogP contribution >= 0.6 is 0 Å². The Labute approximate surface area is 171 Å². The average Bonchev–Trinajstić information content (AvgIpc) is 3.22. The third-order valence-electron chi connectivity index (χ3n) is 4.20. The highest BCUT2D eigenvalue weighted by Crippen LogP contribution is 2.32. The van der Waals surface area contributed by atoms with E-state index in [0.29, 0.717) is 11.0 Å². The second-order valence-electron chi connectivity index (χ2n) is 6.13. The monoisotopic (exact) mass is 422 g/mol. The third kappa shape index (κ3) is 3.61. The van der Waals surface area contributed by atoms with Gasteiger partial charge in [0, 0.05) is 18.0 Å². The van der Waals surface area contributed by atoms with Crippen molar-refractivity contribution in [2.45, 2.75) is 4.90 Å². The first-order valence-electron chi connectivity index (χ1n) is 8.58. The largest absolute Gasteiger partial charge is 0.429 e. The van der Waals surface area contributed by atoms with E-state index < -0.39 is 14.9 Å². The maximum absolute atomic E-state index is 12.8. The Morgan fingerprint density at radius 1 is 1.10 bits per heavy atom. The number of nitro groups is 1. The number of non-ortho nitro benzene ring substituents is 1. The molecule has 30 heavy (non-hydrogen) atoms. The Morgan fingerprint density at radius 3 is 2.37 bits per heavy atom. The number of para-hydroxylation sites is 2. The number of hydrogen-bond acceptors (Lipinski definition) is 6. The lowest BCUT2D eigenvalue weighted by Gasteiger charge is -2.18. The number of aromatic nitrogens is 4. The van der Waals surface area contributed by atoms with Crippen LogP contribution in [0.3, 0.4) is 0 Å². The third-order valence-corrected chi connectivity index (χ3v) is 5.48. The molecule has 11 heteroatoms. The van der Waals surface area contributed by atoms with Gasteiger partial charge in [-0.1, -0.05) is 24.8 Å². The normalized spacial score (nSPS) is 11.3. The quantitative estimate of drug-likeness (QED) is 0.267. The summed E-state index contributed by atoms with van der Waals surface area (Å²) in [4.78, 5) is 18.9. The fraction of sp³-hybridized carbons (Fsp3) is 0. The van der Waals surface area contributed by atoms with Gasteiger partial charge in [-0.3, -0.25) is 10.1 Å². The van der Waals surface area contributed by atoms with Crippen molar-refractivity contribution >= 4 is 38.8 Å². The smallest absolute Gasteiger partial charge is 0.269 e. The molecule has 2 aromatic carbocycles. The Balaban J connectivity index is 1.81. The standard InChI is InChI=1S/C19H14N6O4S/c1-2-23-11-12-24(13-23)19-18(20-16-5-3-4-6-17(16)21-19)22-30(28,29)15-9-7-14(8-10-15)25(26)27/h2-13H,1H2. The molecule has 2 heterocycles. The zero-order valence-electron chi connectivity index (χ0n) is 15.4. The summed E-state index contributed by atoms with van der Waals surface area (Å²) in [5.41, 5.74) is 0.821. The number of hydrogen-bond donors (Lipinski definition) is 0. The molecule has 0 saturated heterocycles. The summed E-state index contributed by atoms with van der Waals surface area (Å²) in [7, 11) is -4.19. The van der Waals surface area contributed by atoms with E-state index in [1.807, 2.05) is 0 Å². The Kier molecular flexibility index (Phi) is 4.72. The molecule has 0 N–H and O–H groups in total. The van der Waals surface area contributed by atoms with E-state index in [-0.39, 0.29) is 22.2 Å². The molecule has 0 amide bonds. The molecule has 10 nitrogen and oxygen atoms in total. The lowest BCUT2D eigenvalue weighted by atomic mass is 10.3. The summed E-state index contributed by atoms with van der Waals surface area (Å²) in [5.74, 6) is 0.0960. The van der Waals surface area contributed by atoms with Crippen LogP contribution < -0.4 is 4.57 Å². The Bertz CT molecular complexity index is 1380. The molecule has 0 aliphatic carbocycles. The molecule has 0 saturated carbocycles. The summed E-state index contributed by atoms with van der Waals surface area (Å²) in [5, 5.41) is 10.8. The van der Waals surface area contributed by atoms with Gasteiger partial charge >= 0.3 is 0 Å². The zero-order chi connectivity index (χ0) is 21.3. The van der Waals surface area contributed by atoms with Crippen molar-refractivity contribution in [2.24, 2.45) is 0 Å². The van der Waals surface area contributed by atoms with E-state index in [1.165, 1.54) is 0 Å². The summed E-state index contributed by atoms with van der Waals surface area (Å²) in [6.07, 6.45) is 6.58. The van der Waals surface area contributed by atoms with Crippen LogP contribution in [0.25, 0.3) is 27.8 Å². The molecule has 0 bridgehead atoms. The molecule has 4 aromatic rings.